The van der Waals surface area contributed by atoms with E-state index in [1.165, 1.54) is 48.1 Å². The average molecular weight is 379 g/mol. The molecular weight excluding hydrogens is 365 g/mol. The molecule has 2 aromatic heterocycles. The Bertz CT molecular complexity index is 1140. The van der Waals surface area contributed by atoms with E-state index in [4.69, 9.17) is 4.42 Å². The molecule has 0 spiro atoms. The summed E-state index contributed by atoms with van der Waals surface area (Å²) in [5.41, 5.74) is 2.05. The van der Waals surface area contributed by atoms with Crippen molar-refractivity contribution in [1.82, 2.24) is 4.98 Å². The van der Waals surface area contributed by atoms with Gasteiger partial charge in [0.15, 0.2) is 0 Å². The van der Waals surface area contributed by atoms with Crippen molar-refractivity contribution < 1.29 is 13.6 Å². The number of nitrogens with zero attached hydrogens (tertiary/aromatic N) is 3. The minimum atomic E-state index is -0.490. The SMILES string of the molecule is Cc1ccc2nc(N(/N=C/c3ccco3)C(=O)c3cccc(F)c3)sc2c1. The Labute approximate surface area is 158 Å². The normalized spacial score (nSPS) is 11.3. The lowest BCUT2D eigenvalue weighted by Crippen LogP contribution is -2.25. The highest BCUT2D eigenvalue weighted by Gasteiger charge is 2.21. The third-order valence-corrected chi connectivity index (χ3v) is 4.82. The zero-order valence-electron chi connectivity index (χ0n) is 14.3. The minimum Gasteiger partial charge on any atom is -0.463 e. The van der Waals surface area contributed by atoms with Gasteiger partial charge in [0, 0.05) is 5.56 Å². The number of carbonyl (C=O) groups is 1. The van der Waals surface area contributed by atoms with E-state index >= 15 is 0 Å². The van der Waals surface area contributed by atoms with Crippen LogP contribution in [0.25, 0.3) is 10.2 Å². The van der Waals surface area contributed by atoms with Crippen LogP contribution in [0.1, 0.15) is 21.7 Å². The molecule has 0 unspecified atom stereocenters. The van der Waals surface area contributed by atoms with Crippen LogP contribution in [0, 0.1) is 12.7 Å². The summed E-state index contributed by atoms with van der Waals surface area (Å²) < 4.78 is 19.8. The Morgan fingerprint density at radius 3 is 2.89 bits per heavy atom. The summed E-state index contributed by atoms with van der Waals surface area (Å²) in [7, 11) is 0. The number of fused-ring (bicyclic) bond motifs is 1. The van der Waals surface area contributed by atoms with Crippen molar-refractivity contribution in [2.24, 2.45) is 5.10 Å². The van der Waals surface area contributed by atoms with Crippen LogP contribution in [0.2, 0.25) is 0 Å². The van der Waals surface area contributed by atoms with Gasteiger partial charge in [-0.1, -0.05) is 23.5 Å². The highest BCUT2D eigenvalue weighted by molar-refractivity contribution is 7.22. The molecule has 0 saturated carbocycles. The molecule has 0 radical (unpaired) electrons. The van der Waals surface area contributed by atoms with Crippen molar-refractivity contribution in [3.63, 3.8) is 0 Å². The number of halogens is 1. The van der Waals surface area contributed by atoms with E-state index in [-0.39, 0.29) is 5.56 Å². The molecule has 2 heterocycles. The van der Waals surface area contributed by atoms with Crippen LogP contribution in [-0.4, -0.2) is 17.1 Å². The maximum absolute atomic E-state index is 13.6. The fourth-order valence-electron chi connectivity index (χ4n) is 2.52. The van der Waals surface area contributed by atoms with E-state index < -0.39 is 11.7 Å². The molecule has 7 heteroatoms. The van der Waals surface area contributed by atoms with E-state index in [2.05, 4.69) is 10.1 Å². The molecule has 5 nitrogen and oxygen atoms in total. The maximum atomic E-state index is 13.6. The third-order valence-electron chi connectivity index (χ3n) is 3.82. The van der Waals surface area contributed by atoms with Gasteiger partial charge in [0.05, 0.1) is 22.7 Å². The number of rotatable bonds is 4. The molecule has 4 rings (SSSR count). The van der Waals surface area contributed by atoms with Crippen molar-refractivity contribution in [1.29, 1.82) is 0 Å². The molecule has 0 aliphatic carbocycles. The second kappa shape index (κ2) is 7.13. The number of hydrogen-bond acceptors (Lipinski definition) is 5. The maximum Gasteiger partial charge on any atom is 0.280 e. The molecule has 2 aromatic carbocycles. The fourth-order valence-corrected chi connectivity index (χ4v) is 3.54. The van der Waals surface area contributed by atoms with Gasteiger partial charge in [0.2, 0.25) is 5.13 Å². The lowest BCUT2D eigenvalue weighted by atomic mass is 10.2. The number of benzene rings is 2. The first-order chi connectivity index (χ1) is 13.1. The van der Waals surface area contributed by atoms with Gasteiger partial charge >= 0.3 is 0 Å². The predicted molar refractivity (Wildman–Crippen MR) is 104 cm³/mol. The molecule has 0 aliphatic heterocycles. The van der Waals surface area contributed by atoms with E-state index in [1.807, 2.05) is 25.1 Å². The number of aromatic nitrogens is 1. The summed E-state index contributed by atoms with van der Waals surface area (Å²) in [6, 6.07) is 14.8. The first-order valence-electron chi connectivity index (χ1n) is 8.15. The number of thiazole rings is 1. The zero-order valence-corrected chi connectivity index (χ0v) is 15.1. The van der Waals surface area contributed by atoms with Gasteiger partial charge in [0.25, 0.3) is 5.91 Å². The summed E-state index contributed by atoms with van der Waals surface area (Å²) in [5.74, 6) is -0.479. The van der Waals surface area contributed by atoms with Crippen LogP contribution in [0.3, 0.4) is 0 Å². The molecule has 0 saturated heterocycles. The summed E-state index contributed by atoms with van der Waals surface area (Å²) in [6.45, 7) is 1.99. The monoisotopic (exact) mass is 379 g/mol. The Morgan fingerprint density at radius 1 is 1.22 bits per heavy atom. The smallest absolute Gasteiger partial charge is 0.280 e. The van der Waals surface area contributed by atoms with Gasteiger partial charge in [-0.15, -0.1) is 0 Å². The van der Waals surface area contributed by atoms with Gasteiger partial charge in [0.1, 0.15) is 11.6 Å². The van der Waals surface area contributed by atoms with Crippen molar-refractivity contribution in [3.05, 3.63) is 83.6 Å². The van der Waals surface area contributed by atoms with E-state index in [0.29, 0.717) is 10.9 Å². The van der Waals surface area contributed by atoms with Gasteiger partial charge in [-0.2, -0.15) is 10.1 Å². The minimum absolute atomic E-state index is 0.182. The fraction of sp³-hybridized carbons (Fsp3) is 0.0500. The molecule has 134 valence electrons. The van der Waals surface area contributed by atoms with Crippen LogP contribution in [0.15, 0.2) is 70.4 Å². The number of amides is 1. The average Bonchev–Trinajstić information content (AvgIpc) is 3.31. The van der Waals surface area contributed by atoms with Crippen LogP contribution in [0.4, 0.5) is 9.52 Å². The molecule has 1 amide bonds. The largest absolute Gasteiger partial charge is 0.463 e. The van der Waals surface area contributed by atoms with Crippen LogP contribution >= 0.6 is 11.3 Å². The van der Waals surface area contributed by atoms with Gasteiger partial charge < -0.3 is 4.42 Å². The standard InChI is InChI=1S/C20H14FN3O2S/c1-13-7-8-17-18(10-13)27-20(23-17)24(22-12-16-6-3-9-26-16)19(25)14-4-2-5-15(21)11-14/h2-12H,1H3/b22-12+. The summed E-state index contributed by atoms with van der Waals surface area (Å²) in [5, 5.41) is 5.81. The zero-order chi connectivity index (χ0) is 18.8. The second-order valence-corrected chi connectivity index (χ2v) is 6.86. The second-order valence-electron chi connectivity index (χ2n) is 5.85. The number of anilines is 1. The van der Waals surface area contributed by atoms with Crippen LogP contribution in [-0.2, 0) is 0 Å². The third kappa shape index (κ3) is 3.63. The van der Waals surface area contributed by atoms with Gasteiger partial charge in [-0.25, -0.2) is 9.37 Å². The Hall–Kier alpha value is -3.32. The topological polar surface area (TPSA) is 58.7 Å². The number of hydrogen-bond donors (Lipinski definition) is 0. The van der Waals surface area contributed by atoms with Crippen molar-refractivity contribution >= 4 is 38.8 Å². The molecule has 0 N–H and O–H groups in total. The van der Waals surface area contributed by atoms with Crippen LogP contribution < -0.4 is 5.01 Å². The predicted octanol–water partition coefficient (Wildman–Crippen LogP) is 5.02. The molecule has 4 aromatic rings. The summed E-state index contributed by atoms with van der Waals surface area (Å²) >= 11 is 1.34. The lowest BCUT2D eigenvalue weighted by molar-refractivity contribution is 0.0987. The molecule has 0 aliphatic rings. The highest BCUT2D eigenvalue weighted by Crippen LogP contribution is 2.30. The number of carbonyl (C=O) groups excluding carboxylic acids is 1. The quantitative estimate of drug-likeness (QED) is 0.370. The Morgan fingerprint density at radius 2 is 2.11 bits per heavy atom. The first kappa shape index (κ1) is 17.1. The molecular formula is C20H14FN3O2S. The van der Waals surface area contributed by atoms with Crippen molar-refractivity contribution in [2.45, 2.75) is 6.92 Å². The molecule has 27 heavy (non-hydrogen) atoms. The number of aryl methyl sites for hydroxylation is 1. The molecule has 0 bridgehead atoms. The summed E-state index contributed by atoms with van der Waals surface area (Å²) in [4.78, 5) is 17.5. The summed E-state index contributed by atoms with van der Waals surface area (Å²) in [6.07, 6.45) is 2.94. The van der Waals surface area contributed by atoms with E-state index in [0.717, 1.165) is 20.8 Å². The highest BCUT2D eigenvalue weighted by atomic mass is 32.1. The van der Waals surface area contributed by atoms with Crippen molar-refractivity contribution in [2.75, 3.05) is 5.01 Å². The Kier molecular flexibility index (Phi) is 4.52. The van der Waals surface area contributed by atoms with E-state index in [1.54, 1.807) is 12.1 Å². The Balaban J connectivity index is 1.77. The lowest BCUT2D eigenvalue weighted by Gasteiger charge is -2.13. The van der Waals surface area contributed by atoms with Gasteiger partial charge in [-0.3, -0.25) is 4.79 Å². The molecule has 0 atom stereocenters. The number of hydrazone groups is 1. The van der Waals surface area contributed by atoms with Gasteiger partial charge in [-0.05, 0) is 55.0 Å². The van der Waals surface area contributed by atoms with Crippen LogP contribution in [0.5, 0.6) is 0 Å². The van der Waals surface area contributed by atoms with E-state index in [9.17, 15) is 9.18 Å². The molecule has 0 fully saturated rings. The number of furan rings is 1. The van der Waals surface area contributed by atoms with Crippen molar-refractivity contribution in [3.8, 4) is 0 Å². The first-order valence-corrected chi connectivity index (χ1v) is 8.96.